The third-order valence-electron chi connectivity index (χ3n) is 3.93. The van der Waals surface area contributed by atoms with Crippen molar-refractivity contribution in [3.8, 4) is 0 Å². The zero-order chi connectivity index (χ0) is 14.7. The molecule has 1 aromatic carbocycles. The molecule has 2 aromatic rings. The normalized spacial score (nSPS) is 17.8. The van der Waals surface area contributed by atoms with Crippen LogP contribution in [0, 0.1) is 6.92 Å². The number of aromatic nitrogens is 1. The minimum atomic E-state index is 0.124. The van der Waals surface area contributed by atoms with Crippen LogP contribution in [0.15, 0.2) is 54.9 Å². The lowest BCUT2D eigenvalue weighted by Crippen LogP contribution is -2.32. The van der Waals surface area contributed by atoms with Gasteiger partial charge in [-0.2, -0.15) is 0 Å². The SMILES string of the molecule is Cc1ccc(C2c3ccccc3CCN2C=CC=O)cn1. The second-order valence-electron chi connectivity index (χ2n) is 5.30. The molecule has 1 aliphatic rings. The number of fused-ring (bicyclic) bond motifs is 1. The number of aryl methyl sites for hydroxylation is 1. The number of nitrogens with zero attached hydrogens (tertiary/aromatic N) is 2. The van der Waals surface area contributed by atoms with Crippen LogP contribution in [0.1, 0.15) is 28.4 Å². The number of hydrogen-bond donors (Lipinski definition) is 0. The van der Waals surface area contributed by atoms with E-state index in [4.69, 9.17) is 0 Å². The van der Waals surface area contributed by atoms with Gasteiger partial charge < -0.3 is 4.90 Å². The van der Waals surface area contributed by atoms with Crippen molar-refractivity contribution in [1.82, 2.24) is 9.88 Å². The summed E-state index contributed by atoms with van der Waals surface area (Å²) in [6.07, 6.45) is 7.19. The highest BCUT2D eigenvalue weighted by molar-refractivity contribution is 5.64. The number of hydrogen-bond acceptors (Lipinski definition) is 3. The maximum atomic E-state index is 10.7. The largest absolute Gasteiger partial charge is 0.366 e. The van der Waals surface area contributed by atoms with Gasteiger partial charge in [0.05, 0.1) is 6.04 Å². The Morgan fingerprint density at radius 3 is 2.86 bits per heavy atom. The van der Waals surface area contributed by atoms with Gasteiger partial charge in [-0.3, -0.25) is 9.78 Å². The van der Waals surface area contributed by atoms with Crippen molar-refractivity contribution < 1.29 is 4.79 Å². The minimum Gasteiger partial charge on any atom is -0.366 e. The van der Waals surface area contributed by atoms with Crippen LogP contribution in [0.3, 0.4) is 0 Å². The summed E-state index contributed by atoms with van der Waals surface area (Å²) < 4.78 is 0. The topological polar surface area (TPSA) is 33.2 Å². The maximum absolute atomic E-state index is 10.7. The minimum absolute atomic E-state index is 0.124. The van der Waals surface area contributed by atoms with E-state index in [-0.39, 0.29) is 6.04 Å². The third-order valence-corrected chi connectivity index (χ3v) is 3.93. The second kappa shape index (κ2) is 5.92. The molecular weight excluding hydrogens is 260 g/mol. The first-order valence-corrected chi connectivity index (χ1v) is 7.17. The molecule has 0 radical (unpaired) electrons. The number of benzene rings is 1. The molecule has 1 aromatic heterocycles. The van der Waals surface area contributed by atoms with Gasteiger partial charge in [-0.1, -0.05) is 30.3 Å². The highest BCUT2D eigenvalue weighted by Gasteiger charge is 2.26. The summed E-state index contributed by atoms with van der Waals surface area (Å²) in [4.78, 5) is 17.3. The van der Waals surface area contributed by atoms with Gasteiger partial charge in [0, 0.05) is 24.6 Å². The van der Waals surface area contributed by atoms with Crippen LogP contribution >= 0.6 is 0 Å². The van der Waals surface area contributed by atoms with E-state index in [1.807, 2.05) is 25.4 Å². The lowest BCUT2D eigenvalue weighted by Gasteiger charge is -2.36. The highest BCUT2D eigenvalue weighted by atomic mass is 16.1. The molecule has 0 amide bonds. The molecule has 0 aliphatic carbocycles. The summed E-state index contributed by atoms with van der Waals surface area (Å²) in [5, 5.41) is 0. The van der Waals surface area contributed by atoms with Crippen LogP contribution < -0.4 is 0 Å². The first-order valence-electron chi connectivity index (χ1n) is 7.17. The van der Waals surface area contributed by atoms with Crippen LogP contribution in [-0.2, 0) is 11.2 Å². The molecule has 21 heavy (non-hydrogen) atoms. The fourth-order valence-electron chi connectivity index (χ4n) is 2.90. The van der Waals surface area contributed by atoms with Crippen LogP contribution in [0.2, 0.25) is 0 Å². The maximum Gasteiger partial charge on any atom is 0.144 e. The Morgan fingerprint density at radius 1 is 1.24 bits per heavy atom. The van der Waals surface area contributed by atoms with E-state index >= 15 is 0 Å². The van der Waals surface area contributed by atoms with Gasteiger partial charge >= 0.3 is 0 Å². The Labute approximate surface area is 124 Å². The molecule has 0 fully saturated rings. The van der Waals surface area contributed by atoms with Crippen LogP contribution in [-0.4, -0.2) is 22.7 Å². The Kier molecular flexibility index (Phi) is 3.82. The van der Waals surface area contributed by atoms with Crippen LogP contribution in [0.4, 0.5) is 0 Å². The Hall–Kier alpha value is -2.42. The molecule has 106 valence electrons. The number of rotatable bonds is 3. The van der Waals surface area contributed by atoms with E-state index in [1.54, 1.807) is 6.08 Å². The summed E-state index contributed by atoms with van der Waals surface area (Å²) in [6.45, 7) is 2.89. The van der Waals surface area contributed by atoms with E-state index in [2.05, 4.69) is 40.2 Å². The average molecular weight is 278 g/mol. The lowest BCUT2D eigenvalue weighted by molar-refractivity contribution is -0.104. The van der Waals surface area contributed by atoms with Crippen molar-refractivity contribution in [3.05, 3.63) is 77.3 Å². The number of carbonyl (C=O) groups is 1. The molecular formula is C18H18N2O. The van der Waals surface area contributed by atoms with Gasteiger partial charge in [0.25, 0.3) is 0 Å². The zero-order valence-corrected chi connectivity index (χ0v) is 12.1. The Balaban J connectivity index is 2.07. The quantitative estimate of drug-likeness (QED) is 0.639. The number of aldehydes is 1. The molecule has 3 nitrogen and oxygen atoms in total. The van der Waals surface area contributed by atoms with E-state index in [0.29, 0.717) is 0 Å². The number of pyridine rings is 1. The number of allylic oxidation sites excluding steroid dienone is 1. The monoisotopic (exact) mass is 278 g/mol. The van der Waals surface area contributed by atoms with E-state index in [9.17, 15) is 4.79 Å². The lowest BCUT2D eigenvalue weighted by atomic mass is 9.89. The van der Waals surface area contributed by atoms with Gasteiger partial charge in [0.15, 0.2) is 0 Å². The molecule has 3 rings (SSSR count). The summed E-state index contributed by atoms with van der Waals surface area (Å²) in [7, 11) is 0. The summed E-state index contributed by atoms with van der Waals surface area (Å²) in [6, 6.07) is 12.8. The highest BCUT2D eigenvalue weighted by Crippen LogP contribution is 2.34. The van der Waals surface area contributed by atoms with Gasteiger partial charge in [-0.15, -0.1) is 0 Å². The predicted octanol–water partition coefficient (Wildman–Crippen LogP) is 3.05. The molecule has 0 saturated carbocycles. The summed E-state index contributed by atoms with van der Waals surface area (Å²) in [5.41, 5.74) is 4.84. The Morgan fingerprint density at radius 2 is 2.10 bits per heavy atom. The zero-order valence-electron chi connectivity index (χ0n) is 12.1. The predicted molar refractivity (Wildman–Crippen MR) is 82.9 cm³/mol. The number of carbonyl (C=O) groups excluding carboxylic acids is 1. The van der Waals surface area contributed by atoms with E-state index in [0.717, 1.165) is 30.5 Å². The third kappa shape index (κ3) is 2.72. The fourth-order valence-corrected chi connectivity index (χ4v) is 2.90. The summed E-state index contributed by atoms with van der Waals surface area (Å²) >= 11 is 0. The molecule has 1 atom stereocenters. The molecule has 2 heterocycles. The van der Waals surface area contributed by atoms with Gasteiger partial charge in [0.1, 0.15) is 6.29 Å². The van der Waals surface area contributed by atoms with Crippen molar-refractivity contribution in [3.63, 3.8) is 0 Å². The van der Waals surface area contributed by atoms with Crippen LogP contribution in [0.25, 0.3) is 0 Å². The standard InChI is InChI=1S/C18H18N2O/c1-14-7-8-16(13-19-14)18-17-6-3-2-5-15(17)9-11-20(18)10-4-12-21/h2-8,10,12-13,18H,9,11H2,1H3. The smallest absolute Gasteiger partial charge is 0.144 e. The van der Waals surface area contributed by atoms with Gasteiger partial charge in [-0.25, -0.2) is 0 Å². The molecule has 0 bridgehead atoms. The first-order chi connectivity index (χ1) is 10.3. The van der Waals surface area contributed by atoms with Crippen molar-refractivity contribution in [2.24, 2.45) is 0 Å². The molecule has 0 N–H and O–H groups in total. The second-order valence-corrected chi connectivity index (χ2v) is 5.30. The first kappa shape index (κ1) is 13.6. The van der Waals surface area contributed by atoms with E-state index in [1.165, 1.54) is 11.1 Å². The Bertz CT molecular complexity index is 661. The van der Waals surface area contributed by atoms with Crippen molar-refractivity contribution in [2.45, 2.75) is 19.4 Å². The molecule has 1 unspecified atom stereocenters. The van der Waals surface area contributed by atoms with Crippen molar-refractivity contribution in [1.29, 1.82) is 0 Å². The van der Waals surface area contributed by atoms with E-state index < -0.39 is 0 Å². The van der Waals surface area contributed by atoms with Crippen molar-refractivity contribution >= 4 is 6.29 Å². The molecule has 0 saturated heterocycles. The molecule has 3 heteroatoms. The average Bonchev–Trinajstić information content (AvgIpc) is 2.53. The summed E-state index contributed by atoms with van der Waals surface area (Å²) in [5.74, 6) is 0. The fraction of sp³-hybridized carbons (Fsp3) is 0.222. The van der Waals surface area contributed by atoms with Crippen molar-refractivity contribution in [2.75, 3.05) is 6.54 Å². The van der Waals surface area contributed by atoms with Crippen LogP contribution in [0.5, 0.6) is 0 Å². The van der Waals surface area contributed by atoms with Gasteiger partial charge in [0.2, 0.25) is 0 Å². The molecule has 0 spiro atoms. The van der Waals surface area contributed by atoms with Gasteiger partial charge in [-0.05, 0) is 42.2 Å². The molecule has 1 aliphatic heterocycles.